The fourth-order valence-corrected chi connectivity index (χ4v) is 6.57. The lowest BCUT2D eigenvalue weighted by Crippen LogP contribution is -2.46. The quantitative estimate of drug-likeness (QED) is 0.464. The van der Waals surface area contributed by atoms with Crippen molar-refractivity contribution in [2.45, 2.75) is 23.7 Å². The highest BCUT2D eigenvalue weighted by molar-refractivity contribution is 8.39. The lowest BCUT2D eigenvalue weighted by atomic mass is 10.0. The third-order valence-electron chi connectivity index (χ3n) is 5.84. The molecular formula is C22H19F2N3O6S. The Morgan fingerprint density at radius 2 is 1.85 bits per heavy atom. The van der Waals surface area contributed by atoms with Crippen LogP contribution in [0.25, 0.3) is 0 Å². The molecule has 0 saturated carbocycles. The Bertz CT molecular complexity index is 1190. The number of benzene rings is 1. The van der Waals surface area contributed by atoms with E-state index in [1.54, 1.807) is 17.0 Å². The summed E-state index contributed by atoms with van der Waals surface area (Å²) < 4.78 is 37.9. The maximum Gasteiger partial charge on any atom is 0.442 e. The van der Waals surface area contributed by atoms with Crippen molar-refractivity contribution in [2.24, 2.45) is 0 Å². The SMILES string of the molecule is O=C1OS2(OC1=O)C(=O)N(CCN1CCCC(F)(F)C1)c1ccc(C(=O)c3cccnc3)cc12. The van der Waals surface area contributed by atoms with Crippen LogP contribution in [0.5, 0.6) is 0 Å². The van der Waals surface area contributed by atoms with Gasteiger partial charge in [0.2, 0.25) is 0 Å². The Morgan fingerprint density at radius 1 is 1.09 bits per heavy atom. The van der Waals surface area contributed by atoms with Crippen LogP contribution < -0.4 is 4.90 Å². The van der Waals surface area contributed by atoms with Gasteiger partial charge >= 0.3 is 17.2 Å². The Balaban J connectivity index is 1.48. The van der Waals surface area contributed by atoms with Crippen LogP contribution in [-0.2, 0) is 18.0 Å². The number of rotatable bonds is 5. The molecule has 2 fully saturated rings. The van der Waals surface area contributed by atoms with Crippen LogP contribution in [0.4, 0.5) is 19.3 Å². The maximum absolute atomic E-state index is 13.8. The molecule has 0 unspecified atom stereocenters. The number of halogens is 2. The number of piperidine rings is 1. The second-order valence-electron chi connectivity index (χ2n) is 8.15. The number of aromatic nitrogens is 1. The Kier molecular flexibility index (Phi) is 5.36. The van der Waals surface area contributed by atoms with E-state index in [1.165, 1.54) is 35.5 Å². The van der Waals surface area contributed by atoms with Crippen molar-refractivity contribution >= 4 is 39.2 Å². The Labute approximate surface area is 194 Å². The van der Waals surface area contributed by atoms with Gasteiger partial charge < -0.3 is 8.37 Å². The average molecular weight is 491 g/mol. The van der Waals surface area contributed by atoms with Gasteiger partial charge in [-0.1, -0.05) is 0 Å². The summed E-state index contributed by atoms with van der Waals surface area (Å²) in [6.07, 6.45) is 3.06. The monoisotopic (exact) mass is 491 g/mol. The molecule has 5 rings (SSSR count). The second kappa shape index (κ2) is 8.13. The van der Waals surface area contributed by atoms with E-state index in [-0.39, 0.29) is 35.8 Å². The first-order valence-electron chi connectivity index (χ1n) is 10.5. The molecule has 0 bridgehead atoms. The van der Waals surface area contributed by atoms with E-state index in [2.05, 4.69) is 4.98 Å². The lowest BCUT2D eigenvalue weighted by Gasteiger charge is -2.33. The number of fused-ring (bicyclic) bond motifs is 2. The highest BCUT2D eigenvalue weighted by atomic mass is 32.3. The van der Waals surface area contributed by atoms with Crippen LogP contribution in [0.1, 0.15) is 28.8 Å². The lowest BCUT2D eigenvalue weighted by molar-refractivity contribution is -0.150. The van der Waals surface area contributed by atoms with Crippen LogP contribution in [0.3, 0.4) is 0 Å². The van der Waals surface area contributed by atoms with Crippen molar-refractivity contribution in [3.8, 4) is 0 Å². The van der Waals surface area contributed by atoms with Crippen molar-refractivity contribution in [2.75, 3.05) is 31.1 Å². The zero-order valence-electron chi connectivity index (χ0n) is 17.7. The van der Waals surface area contributed by atoms with Crippen molar-refractivity contribution in [3.63, 3.8) is 0 Å². The zero-order valence-corrected chi connectivity index (χ0v) is 18.6. The minimum atomic E-state index is -3.47. The molecule has 1 aromatic heterocycles. The summed E-state index contributed by atoms with van der Waals surface area (Å²) in [7, 11) is -3.47. The minimum absolute atomic E-state index is 0.0155. The molecule has 2 aromatic rings. The molecule has 0 N–H and O–H groups in total. The molecule has 0 aliphatic carbocycles. The van der Waals surface area contributed by atoms with Gasteiger partial charge in [-0.25, -0.2) is 23.2 Å². The third-order valence-corrected chi connectivity index (χ3v) is 8.20. The van der Waals surface area contributed by atoms with Gasteiger partial charge in [0.15, 0.2) is 5.78 Å². The number of carbonyl (C=O) groups is 4. The molecule has 12 heteroatoms. The number of pyridine rings is 1. The van der Waals surface area contributed by atoms with E-state index >= 15 is 0 Å². The first-order chi connectivity index (χ1) is 16.2. The number of anilines is 1. The molecule has 1 aromatic carbocycles. The van der Waals surface area contributed by atoms with Crippen molar-refractivity contribution in [1.82, 2.24) is 9.88 Å². The smallest absolute Gasteiger partial charge is 0.320 e. The number of hydrogen-bond donors (Lipinski definition) is 0. The van der Waals surface area contributed by atoms with Crippen molar-refractivity contribution in [1.29, 1.82) is 0 Å². The highest BCUT2D eigenvalue weighted by Crippen LogP contribution is 2.69. The van der Waals surface area contributed by atoms with E-state index in [1.807, 2.05) is 0 Å². The molecule has 3 aliphatic heterocycles. The summed E-state index contributed by atoms with van der Waals surface area (Å²) in [6, 6.07) is 7.55. The summed E-state index contributed by atoms with van der Waals surface area (Å²) in [4.78, 5) is 56.9. The summed E-state index contributed by atoms with van der Waals surface area (Å²) >= 11 is 0. The van der Waals surface area contributed by atoms with Crippen molar-refractivity contribution < 1.29 is 36.3 Å². The second-order valence-corrected chi connectivity index (χ2v) is 10.3. The standard InChI is InChI=1S/C22H19F2N3O6S/c23-22(24)6-2-8-26(13-22)9-10-27-16-5-4-14(18(28)15-3-1-7-25-12-15)11-17(16)34(21(27)31)32-19(29)20(30)33-34/h1,3-5,7,11-12H,2,6,8-10,13H2. The van der Waals surface area contributed by atoms with Crippen LogP contribution in [-0.4, -0.2) is 64.9 Å². The fourth-order valence-electron chi connectivity index (χ4n) is 4.24. The van der Waals surface area contributed by atoms with E-state index in [9.17, 15) is 28.0 Å². The molecule has 178 valence electrons. The van der Waals surface area contributed by atoms with E-state index < -0.39 is 40.2 Å². The predicted molar refractivity (Wildman–Crippen MR) is 116 cm³/mol. The number of carbonyl (C=O) groups excluding carboxylic acids is 4. The number of nitrogens with zero attached hydrogens (tertiary/aromatic N) is 3. The van der Waals surface area contributed by atoms with Crippen LogP contribution in [0.15, 0.2) is 47.6 Å². The number of likely N-dealkylation sites (tertiary alicyclic amines) is 1. The molecule has 4 heterocycles. The normalized spacial score (nSPS) is 21.8. The van der Waals surface area contributed by atoms with Crippen molar-refractivity contribution in [3.05, 3.63) is 53.9 Å². The van der Waals surface area contributed by atoms with E-state index in [0.29, 0.717) is 24.2 Å². The summed E-state index contributed by atoms with van der Waals surface area (Å²) in [6.45, 7) is 0.212. The van der Waals surface area contributed by atoms with Gasteiger partial charge in [-0.05, 0) is 43.3 Å². The summed E-state index contributed by atoms with van der Waals surface area (Å²) in [5.74, 6) is -5.77. The number of hydrogen-bond acceptors (Lipinski definition) is 8. The van der Waals surface area contributed by atoms with Gasteiger partial charge in [0.05, 0.1) is 12.2 Å². The third kappa shape index (κ3) is 3.72. The largest absolute Gasteiger partial charge is 0.442 e. The van der Waals surface area contributed by atoms with Gasteiger partial charge in [0.25, 0.3) is 5.92 Å². The molecule has 34 heavy (non-hydrogen) atoms. The van der Waals surface area contributed by atoms with E-state index in [4.69, 9.17) is 8.37 Å². The fraction of sp³-hybridized carbons (Fsp3) is 0.318. The van der Waals surface area contributed by atoms with Gasteiger partial charge in [0.1, 0.15) is 4.90 Å². The zero-order chi connectivity index (χ0) is 24.1. The van der Waals surface area contributed by atoms with Crippen LogP contribution in [0.2, 0.25) is 0 Å². The first-order valence-corrected chi connectivity index (χ1v) is 12.0. The first kappa shape index (κ1) is 22.4. The minimum Gasteiger partial charge on any atom is -0.320 e. The molecule has 0 radical (unpaired) electrons. The molecule has 2 saturated heterocycles. The van der Waals surface area contributed by atoms with Crippen LogP contribution in [0, 0.1) is 0 Å². The van der Waals surface area contributed by atoms with E-state index in [0.717, 1.165) is 0 Å². The average Bonchev–Trinajstić information content (AvgIpc) is 3.24. The predicted octanol–water partition coefficient (Wildman–Crippen LogP) is 3.08. The Morgan fingerprint density at radius 3 is 2.53 bits per heavy atom. The topological polar surface area (TPSA) is 106 Å². The van der Waals surface area contributed by atoms with Gasteiger partial charge in [-0.2, -0.15) is 0 Å². The highest BCUT2D eigenvalue weighted by Gasteiger charge is 2.56. The molecule has 0 atom stereocenters. The molecule has 9 nitrogen and oxygen atoms in total. The number of amides is 1. The molecular weight excluding hydrogens is 472 g/mol. The Hall–Kier alpha value is -3.38. The molecule has 1 amide bonds. The summed E-state index contributed by atoms with van der Waals surface area (Å²) in [5, 5.41) is -0.753. The van der Waals surface area contributed by atoms with Gasteiger partial charge in [-0.15, -0.1) is 0 Å². The molecule has 1 spiro atoms. The number of alkyl halides is 2. The number of ketones is 1. The maximum atomic E-state index is 13.8. The summed E-state index contributed by atoms with van der Waals surface area (Å²) in [5.41, 5.74) is 0.788. The van der Waals surface area contributed by atoms with Gasteiger partial charge in [-0.3, -0.25) is 19.6 Å². The van der Waals surface area contributed by atoms with Crippen LogP contribution >= 0.6 is 10.6 Å². The molecule has 3 aliphatic rings. The van der Waals surface area contributed by atoms with Gasteiger partial charge in [0, 0.05) is 53.6 Å².